The standard InChI is InChI=1S/C17H27N3O2S/c1-11(2)10-20-16(22)14(15(21)19-17(20)23)12(3)18-13-8-6-4-5-7-9-13/h11,13,22H,4-10H2,1-3H3,(H,19,21,23). The van der Waals surface area contributed by atoms with Gasteiger partial charge in [-0.25, -0.2) is 0 Å². The zero-order valence-corrected chi connectivity index (χ0v) is 15.1. The van der Waals surface area contributed by atoms with Crippen molar-refractivity contribution < 1.29 is 5.11 Å². The van der Waals surface area contributed by atoms with Crippen molar-refractivity contribution in [1.82, 2.24) is 9.55 Å². The topological polar surface area (TPSA) is 70.4 Å². The Bertz CT molecular complexity index is 680. The van der Waals surface area contributed by atoms with Crippen LogP contribution in [-0.4, -0.2) is 26.4 Å². The Hall–Kier alpha value is -1.43. The van der Waals surface area contributed by atoms with Crippen LogP contribution in [0, 0.1) is 10.7 Å². The van der Waals surface area contributed by atoms with Gasteiger partial charge in [0.1, 0.15) is 5.56 Å². The lowest BCUT2D eigenvalue weighted by molar-refractivity contribution is 0.379. The first-order valence-corrected chi connectivity index (χ1v) is 8.91. The van der Waals surface area contributed by atoms with E-state index in [4.69, 9.17) is 17.2 Å². The fraction of sp³-hybridized carbons (Fsp3) is 0.706. The molecule has 1 aromatic heterocycles. The van der Waals surface area contributed by atoms with Gasteiger partial charge in [-0.15, -0.1) is 0 Å². The predicted octanol–water partition coefficient (Wildman–Crippen LogP) is 3.80. The van der Waals surface area contributed by atoms with Gasteiger partial charge >= 0.3 is 0 Å². The predicted molar refractivity (Wildman–Crippen MR) is 96.1 cm³/mol. The number of nitrogens with one attached hydrogen (secondary N) is 1. The minimum absolute atomic E-state index is 0.0673. The van der Waals surface area contributed by atoms with E-state index >= 15 is 0 Å². The molecule has 0 amide bonds. The number of hydrogen-bond donors (Lipinski definition) is 2. The van der Waals surface area contributed by atoms with Crippen LogP contribution in [0.1, 0.15) is 64.9 Å². The van der Waals surface area contributed by atoms with Gasteiger partial charge in [0, 0.05) is 6.54 Å². The third-order valence-electron chi connectivity index (χ3n) is 4.28. The number of H-pyrrole nitrogens is 1. The Morgan fingerprint density at radius 2 is 1.96 bits per heavy atom. The molecule has 0 bridgehead atoms. The summed E-state index contributed by atoms with van der Waals surface area (Å²) in [6, 6.07) is 0.248. The zero-order valence-electron chi connectivity index (χ0n) is 14.3. The fourth-order valence-electron chi connectivity index (χ4n) is 3.15. The molecule has 1 fully saturated rings. The molecule has 0 aliphatic heterocycles. The number of aromatic amines is 1. The van der Waals surface area contributed by atoms with E-state index in [2.05, 4.69) is 4.98 Å². The molecular formula is C17H27N3O2S. The fourth-order valence-corrected chi connectivity index (χ4v) is 3.40. The summed E-state index contributed by atoms with van der Waals surface area (Å²) in [7, 11) is 0. The minimum Gasteiger partial charge on any atom is -0.494 e. The Kier molecular flexibility index (Phi) is 6.16. The molecule has 23 heavy (non-hydrogen) atoms. The molecule has 0 radical (unpaired) electrons. The first-order valence-electron chi connectivity index (χ1n) is 8.51. The van der Waals surface area contributed by atoms with Crippen LogP contribution in [0.3, 0.4) is 0 Å². The monoisotopic (exact) mass is 337 g/mol. The van der Waals surface area contributed by atoms with Crippen LogP contribution in [-0.2, 0) is 6.54 Å². The van der Waals surface area contributed by atoms with Gasteiger partial charge in [-0.2, -0.15) is 0 Å². The Morgan fingerprint density at radius 1 is 1.35 bits per heavy atom. The highest BCUT2D eigenvalue weighted by Crippen LogP contribution is 2.22. The van der Waals surface area contributed by atoms with Crippen molar-refractivity contribution in [3.63, 3.8) is 0 Å². The zero-order chi connectivity index (χ0) is 17.0. The molecule has 0 saturated heterocycles. The molecule has 1 aliphatic carbocycles. The molecular weight excluding hydrogens is 310 g/mol. The first-order chi connectivity index (χ1) is 10.9. The molecule has 2 rings (SSSR count). The molecule has 0 atom stereocenters. The molecule has 0 aromatic carbocycles. The lowest BCUT2D eigenvalue weighted by Crippen LogP contribution is -2.23. The van der Waals surface area contributed by atoms with Gasteiger partial charge in [0.05, 0.1) is 11.8 Å². The van der Waals surface area contributed by atoms with Crippen molar-refractivity contribution in [2.45, 2.75) is 71.9 Å². The van der Waals surface area contributed by atoms with E-state index in [-0.39, 0.29) is 27.8 Å². The average Bonchev–Trinajstić information content (AvgIpc) is 2.71. The van der Waals surface area contributed by atoms with E-state index in [1.165, 1.54) is 25.7 Å². The number of hydrogen-bond acceptors (Lipinski definition) is 4. The molecule has 0 spiro atoms. The van der Waals surface area contributed by atoms with E-state index in [1.807, 2.05) is 13.8 Å². The van der Waals surface area contributed by atoms with Crippen LogP contribution in [0.25, 0.3) is 0 Å². The summed E-state index contributed by atoms with van der Waals surface area (Å²) in [5, 5.41) is 10.6. The van der Waals surface area contributed by atoms with Gasteiger partial charge in [0.2, 0.25) is 5.88 Å². The van der Waals surface area contributed by atoms with Crippen LogP contribution < -0.4 is 5.56 Å². The normalized spacial score (nSPS) is 17.5. The first kappa shape index (κ1) is 17.9. The Morgan fingerprint density at radius 3 is 2.52 bits per heavy atom. The summed E-state index contributed by atoms with van der Waals surface area (Å²) >= 11 is 5.18. The number of nitrogens with zero attached hydrogens (tertiary/aromatic N) is 2. The van der Waals surface area contributed by atoms with Gasteiger partial charge in [-0.1, -0.05) is 39.5 Å². The smallest absolute Gasteiger partial charge is 0.264 e. The van der Waals surface area contributed by atoms with Gasteiger partial charge in [0.25, 0.3) is 5.56 Å². The third kappa shape index (κ3) is 4.53. The number of rotatable bonds is 4. The highest BCUT2D eigenvalue weighted by atomic mass is 32.1. The number of aliphatic imine (C=N–C) groups is 1. The van der Waals surface area contributed by atoms with Gasteiger partial charge in [-0.3, -0.25) is 19.3 Å². The summed E-state index contributed by atoms with van der Waals surface area (Å²) in [6.45, 7) is 6.44. The lowest BCUT2D eigenvalue weighted by atomic mass is 10.1. The minimum atomic E-state index is -0.359. The molecule has 128 valence electrons. The van der Waals surface area contributed by atoms with Crippen molar-refractivity contribution in [3.8, 4) is 5.88 Å². The Balaban J connectivity index is 2.41. The highest BCUT2D eigenvalue weighted by molar-refractivity contribution is 7.71. The Labute approximate surface area is 142 Å². The molecule has 0 unspecified atom stereocenters. The van der Waals surface area contributed by atoms with Crippen molar-refractivity contribution in [1.29, 1.82) is 0 Å². The van der Waals surface area contributed by atoms with Crippen molar-refractivity contribution in [2.24, 2.45) is 10.9 Å². The lowest BCUT2D eigenvalue weighted by Gasteiger charge is -2.16. The maximum absolute atomic E-state index is 12.3. The molecule has 1 aromatic rings. The summed E-state index contributed by atoms with van der Waals surface area (Å²) < 4.78 is 1.84. The second kappa shape index (κ2) is 7.90. The largest absolute Gasteiger partial charge is 0.494 e. The third-order valence-corrected chi connectivity index (χ3v) is 4.60. The second-order valence-corrected chi connectivity index (χ2v) is 7.21. The summed E-state index contributed by atoms with van der Waals surface area (Å²) in [4.78, 5) is 19.7. The van der Waals surface area contributed by atoms with Crippen LogP contribution in [0.2, 0.25) is 0 Å². The number of aromatic nitrogens is 2. The van der Waals surface area contributed by atoms with Crippen LogP contribution in [0.15, 0.2) is 9.79 Å². The van der Waals surface area contributed by atoms with Crippen molar-refractivity contribution >= 4 is 17.9 Å². The summed E-state index contributed by atoms with van der Waals surface area (Å²) in [5.74, 6) is 0.243. The highest BCUT2D eigenvalue weighted by Gasteiger charge is 2.18. The second-order valence-electron chi connectivity index (χ2n) is 6.82. The SMILES string of the molecule is CC(=NC1CCCCCC1)c1c(O)n(CC(C)C)c(=S)[nH]c1=O. The van der Waals surface area contributed by atoms with E-state index in [1.54, 1.807) is 11.5 Å². The van der Waals surface area contributed by atoms with Crippen LogP contribution >= 0.6 is 12.2 Å². The molecule has 6 heteroatoms. The molecule has 1 saturated carbocycles. The molecule has 5 nitrogen and oxygen atoms in total. The van der Waals surface area contributed by atoms with E-state index in [9.17, 15) is 9.90 Å². The van der Waals surface area contributed by atoms with E-state index in [0.29, 0.717) is 18.2 Å². The van der Waals surface area contributed by atoms with Crippen LogP contribution in [0.5, 0.6) is 5.88 Å². The van der Waals surface area contributed by atoms with Crippen molar-refractivity contribution in [3.05, 3.63) is 20.7 Å². The quantitative estimate of drug-likeness (QED) is 0.499. The number of aromatic hydroxyl groups is 1. The summed E-state index contributed by atoms with van der Waals surface area (Å²) in [5.41, 5.74) is 0.494. The molecule has 1 heterocycles. The van der Waals surface area contributed by atoms with E-state index < -0.39 is 0 Å². The summed E-state index contributed by atoms with van der Waals surface area (Å²) in [6.07, 6.45) is 7.00. The van der Waals surface area contributed by atoms with Gasteiger partial charge in [-0.05, 0) is 37.9 Å². The van der Waals surface area contributed by atoms with Gasteiger partial charge < -0.3 is 5.11 Å². The molecule has 1 aliphatic rings. The van der Waals surface area contributed by atoms with Gasteiger partial charge in [0.15, 0.2) is 4.77 Å². The maximum atomic E-state index is 12.3. The maximum Gasteiger partial charge on any atom is 0.264 e. The van der Waals surface area contributed by atoms with Crippen LogP contribution in [0.4, 0.5) is 0 Å². The molecule has 2 N–H and O–H groups in total. The van der Waals surface area contributed by atoms with Crippen molar-refractivity contribution in [2.75, 3.05) is 0 Å². The van der Waals surface area contributed by atoms with E-state index in [0.717, 1.165) is 12.8 Å². The average molecular weight is 337 g/mol.